The summed E-state index contributed by atoms with van der Waals surface area (Å²) in [4.78, 5) is 23.2. The lowest BCUT2D eigenvalue weighted by Crippen LogP contribution is -2.42. The van der Waals surface area contributed by atoms with Crippen LogP contribution in [0.15, 0.2) is 29.6 Å². The van der Waals surface area contributed by atoms with E-state index in [9.17, 15) is 14.7 Å². The molecule has 22 heavy (non-hydrogen) atoms. The molecule has 1 aliphatic carbocycles. The van der Waals surface area contributed by atoms with Gasteiger partial charge >= 0.3 is 5.97 Å². The van der Waals surface area contributed by atoms with Crippen LogP contribution in [0.1, 0.15) is 31.2 Å². The summed E-state index contributed by atoms with van der Waals surface area (Å²) in [6.45, 7) is 0.551. The maximum Gasteiger partial charge on any atom is 0.310 e. The van der Waals surface area contributed by atoms with Crippen LogP contribution in [0.2, 0.25) is 0 Å². The topological polar surface area (TPSA) is 66.4 Å². The van der Waals surface area contributed by atoms with E-state index < -0.39 is 11.4 Å². The van der Waals surface area contributed by atoms with Gasteiger partial charge in [0, 0.05) is 17.7 Å². The first-order valence-corrected chi connectivity index (χ1v) is 8.44. The SMILES string of the molecule is O=C(CC1(C(=O)O)CCC1)NCCc1csc2ccccc12. The molecule has 0 aliphatic heterocycles. The number of benzene rings is 1. The van der Waals surface area contributed by atoms with Gasteiger partial charge in [-0.2, -0.15) is 0 Å². The summed E-state index contributed by atoms with van der Waals surface area (Å²) in [6, 6.07) is 8.23. The number of amides is 1. The van der Waals surface area contributed by atoms with E-state index >= 15 is 0 Å². The lowest BCUT2D eigenvalue weighted by atomic mass is 9.66. The Morgan fingerprint density at radius 1 is 1.27 bits per heavy atom. The van der Waals surface area contributed by atoms with Gasteiger partial charge in [-0.1, -0.05) is 24.6 Å². The van der Waals surface area contributed by atoms with E-state index in [1.54, 1.807) is 11.3 Å². The van der Waals surface area contributed by atoms with Crippen LogP contribution in [-0.4, -0.2) is 23.5 Å². The maximum atomic E-state index is 12.0. The lowest BCUT2D eigenvalue weighted by Gasteiger charge is -2.36. The van der Waals surface area contributed by atoms with Crippen molar-refractivity contribution in [3.05, 3.63) is 35.2 Å². The third kappa shape index (κ3) is 2.86. The maximum absolute atomic E-state index is 12.0. The number of fused-ring (bicyclic) bond motifs is 1. The van der Waals surface area contributed by atoms with Gasteiger partial charge in [-0.05, 0) is 41.7 Å². The standard InChI is InChI=1S/C17H19NO3S/c19-15(10-17(16(20)21)7-3-8-17)18-9-6-12-11-22-14-5-2-1-4-13(12)14/h1-2,4-5,11H,3,6-10H2,(H,18,19)(H,20,21). The van der Waals surface area contributed by atoms with E-state index in [2.05, 4.69) is 22.8 Å². The van der Waals surface area contributed by atoms with Gasteiger partial charge in [0.2, 0.25) is 5.91 Å². The van der Waals surface area contributed by atoms with Gasteiger partial charge in [0.05, 0.1) is 5.41 Å². The second kappa shape index (κ2) is 6.08. The Bertz CT molecular complexity index is 703. The average molecular weight is 317 g/mol. The van der Waals surface area contributed by atoms with E-state index in [0.29, 0.717) is 19.4 Å². The summed E-state index contributed by atoms with van der Waals surface area (Å²) in [6.07, 6.45) is 3.01. The first-order valence-electron chi connectivity index (χ1n) is 7.56. The normalized spacial score (nSPS) is 16.2. The molecule has 1 aromatic heterocycles. The number of hydrogen-bond acceptors (Lipinski definition) is 3. The number of carbonyl (C=O) groups is 2. The minimum atomic E-state index is -0.835. The molecular weight excluding hydrogens is 298 g/mol. The Balaban J connectivity index is 1.53. The van der Waals surface area contributed by atoms with Gasteiger partial charge in [-0.25, -0.2) is 0 Å². The largest absolute Gasteiger partial charge is 0.481 e. The van der Waals surface area contributed by atoms with Crippen molar-refractivity contribution in [2.45, 2.75) is 32.1 Å². The van der Waals surface area contributed by atoms with E-state index in [-0.39, 0.29) is 12.3 Å². The van der Waals surface area contributed by atoms with Gasteiger partial charge in [0.25, 0.3) is 0 Å². The molecule has 1 fully saturated rings. The van der Waals surface area contributed by atoms with Crippen LogP contribution in [0.5, 0.6) is 0 Å². The van der Waals surface area contributed by atoms with Crippen molar-refractivity contribution in [1.82, 2.24) is 5.32 Å². The monoisotopic (exact) mass is 317 g/mol. The zero-order valence-corrected chi connectivity index (χ0v) is 13.1. The van der Waals surface area contributed by atoms with Crippen molar-refractivity contribution >= 4 is 33.3 Å². The van der Waals surface area contributed by atoms with Crippen molar-refractivity contribution < 1.29 is 14.7 Å². The number of hydrogen-bond donors (Lipinski definition) is 2. The van der Waals surface area contributed by atoms with E-state index in [0.717, 1.165) is 12.8 Å². The third-order valence-corrected chi connectivity index (χ3v) is 5.55. The zero-order valence-electron chi connectivity index (χ0n) is 12.3. The van der Waals surface area contributed by atoms with Crippen LogP contribution in [0.3, 0.4) is 0 Å². The number of rotatable bonds is 6. The molecule has 1 heterocycles. The van der Waals surface area contributed by atoms with Crippen LogP contribution in [-0.2, 0) is 16.0 Å². The van der Waals surface area contributed by atoms with E-state index in [1.807, 2.05) is 12.1 Å². The van der Waals surface area contributed by atoms with Gasteiger partial charge in [0.1, 0.15) is 0 Å². The van der Waals surface area contributed by atoms with Crippen molar-refractivity contribution in [3.8, 4) is 0 Å². The molecule has 4 nitrogen and oxygen atoms in total. The van der Waals surface area contributed by atoms with E-state index in [4.69, 9.17) is 0 Å². The van der Waals surface area contributed by atoms with Crippen LogP contribution in [0, 0.1) is 5.41 Å². The van der Waals surface area contributed by atoms with E-state index in [1.165, 1.54) is 15.6 Å². The summed E-state index contributed by atoms with van der Waals surface area (Å²) in [5, 5.41) is 15.5. The van der Waals surface area contributed by atoms with Crippen LogP contribution >= 0.6 is 11.3 Å². The number of carboxylic acid groups (broad SMARTS) is 1. The molecule has 3 rings (SSSR count). The second-order valence-corrected chi connectivity index (χ2v) is 6.88. The van der Waals surface area contributed by atoms with Crippen molar-refractivity contribution in [1.29, 1.82) is 0 Å². The first-order chi connectivity index (χ1) is 10.6. The quantitative estimate of drug-likeness (QED) is 0.860. The summed E-state index contributed by atoms with van der Waals surface area (Å²) in [5.41, 5.74) is 0.427. The fourth-order valence-electron chi connectivity index (χ4n) is 3.00. The minimum absolute atomic E-state index is 0.104. The molecule has 1 aromatic carbocycles. The molecule has 0 spiro atoms. The molecule has 0 saturated heterocycles. The Kier molecular flexibility index (Phi) is 4.16. The van der Waals surface area contributed by atoms with Gasteiger partial charge in [-0.3, -0.25) is 9.59 Å². The van der Waals surface area contributed by atoms with Crippen molar-refractivity contribution in [2.24, 2.45) is 5.41 Å². The van der Waals surface area contributed by atoms with Gasteiger partial charge in [0.15, 0.2) is 0 Å². The van der Waals surface area contributed by atoms with Crippen molar-refractivity contribution in [2.75, 3.05) is 6.54 Å². The average Bonchev–Trinajstić information content (AvgIpc) is 2.86. The number of nitrogens with one attached hydrogen (secondary N) is 1. The Labute approximate surface area is 133 Å². The molecule has 2 N–H and O–H groups in total. The van der Waals surface area contributed by atoms with Gasteiger partial charge < -0.3 is 10.4 Å². The molecular formula is C17H19NO3S. The highest BCUT2D eigenvalue weighted by atomic mass is 32.1. The van der Waals surface area contributed by atoms with Crippen LogP contribution < -0.4 is 5.32 Å². The molecule has 0 unspecified atom stereocenters. The summed E-state index contributed by atoms with van der Waals surface area (Å²) in [5.74, 6) is -0.987. The highest BCUT2D eigenvalue weighted by Gasteiger charge is 2.45. The summed E-state index contributed by atoms with van der Waals surface area (Å²) < 4.78 is 1.25. The summed E-state index contributed by atoms with van der Waals surface area (Å²) >= 11 is 1.71. The molecule has 1 aliphatic rings. The molecule has 116 valence electrons. The fraction of sp³-hybridized carbons (Fsp3) is 0.412. The van der Waals surface area contributed by atoms with Crippen LogP contribution in [0.25, 0.3) is 10.1 Å². The molecule has 5 heteroatoms. The third-order valence-electron chi connectivity index (χ3n) is 4.54. The minimum Gasteiger partial charge on any atom is -0.481 e. The molecule has 0 atom stereocenters. The number of thiophene rings is 1. The van der Waals surface area contributed by atoms with Crippen LogP contribution in [0.4, 0.5) is 0 Å². The zero-order chi connectivity index (χ0) is 15.6. The number of carbonyl (C=O) groups excluding carboxylic acids is 1. The molecule has 2 aromatic rings. The smallest absolute Gasteiger partial charge is 0.310 e. The molecule has 1 amide bonds. The Morgan fingerprint density at radius 3 is 2.73 bits per heavy atom. The fourth-order valence-corrected chi connectivity index (χ4v) is 4.00. The highest BCUT2D eigenvalue weighted by Crippen LogP contribution is 2.44. The predicted molar refractivity (Wildman–Crippen MR) is 87.1 cm³/mol. The van der Waals surface area contributed by atoms with Crippen molar-refractivity contribution in [3.63, 3.8) is 0 Å². The second-order valence-electron chi connectivity index (χ2n) is 5.97. The number of carboxylic acids is 1. The molecule has 0 radical (unpaired) electrons. The Morgan fingerprint density at radius 2 is 2.05 bits per heavy atom. The van der Waals surface area contributed by atoms with Gasteiger partial charge in [-0.15, -0.1) is 11.3 Å². The summed E-state index contributed by atoms with van der Waals surface area (Å²) in [7, 11) is 0. The predicted octanol–water partition coefficient (Wildman–Crippen LogP) is 3.21. The molecule has 1 saturated carbocycles. The lowest BCUT2D eigenvalue weighted by molar-refractivity contribution is -0.157. The first kappa shape index (κ1) is 15.0. The molecule has 0 bridgehead atoms. The Hall–Kier alpha value is -1.88. The number of aliphatic carboxylic acids is 1. The highest BCUT2D eigenvalue weighted by molar-refractivity contribution is 7.17.